The predicted octanol–water partition coefficient (Wildman–Crippen LogP) is 2.49. The summed E-state index contributed by atoms with van der Waals surface area (Å²) in [6.45, 7) is 3.72. The summed E-state index contributed by atoms with van der Waals surface area (Å²) >= 11 is 0. The molecule has 3 N–H and O–H groups in total. The second kappa shape index (κ2) is 7.81. The zero-order valence-corrected chi connectivity index (χ0v) is 16.4. The molecular weight excluding hydrogens is 396 g/mol. The Morgan fingerprint density at radius 3 is 2.52 bits per heavy atom. The summed E-state index contributed by atoms with van der Waals surface area (Å²) in [4.78, 5) is 10.2. The van der Waals surface area contributed by atoms with E-state index in [0.29, 0.717) is 0 Å². The highest BCUT2D eigenvalue weighted by molar-refractivity contribution is 7.89. The van der Waals surface area contributed by atoms with Crippen molar-refractivity contribution >= 4 is 27.6 Å². The number of nitro groups is 1. The number of para-hydroxylation sites is 1. The van der Waals surface area contributed by atoms with E-state index in [1.54, 1.807) is 4.68 Å². The molecule has 0 spiro atoms. The summed E-state index contributed by atoms with van der Waals surface area (Å²) in [5, 5.41) is 24.9. The first-order chi connectivity index (χ1) is 13.7. The van der Waals surface area contributed by atoms with Crippen LogP contribution in [0.2, 0.25) is 0 Å². The lowest BCUT2D eigenvalue weighted by Crippen LogP contribution is -2.12. The highest BCUT2D eigenvalue weighted by atomic mass is 32.2. The topological polar surface area (TPSA) is 146 Å². The van der Waals surface area contributed by atoms with Gasteiger partial charge in [0.05, 0.1) is 33.1 Å². The van der Waals surface area contributed by atoms with Crippen LogP contribution in [0.1, 0.15) is 17.0 Å². The van der Waals surface area contributed by atoms with Gasteiger partial charge in [-0.25, -0.2) is 18.2 Å². The Bertz CT molecular complexity index is 1200. The van der Waals surface area contributed by atoms with Gasteiger partial charge < -0.3 is 0 Å². The maximum atomic E-state index is 11.4. The molecule has 2 aromatic carbocycles. The maximum Gasteiger partial charge on any atom is 0.295 e. The number of nitro benzene ring substituents is 1. The number of rotatable bonds is 6. The third-order valence-corrected chi connectivity index (χ3v) is 5.13. The van der Waals surface area contributed by atoms with E-state index >= 15 is 0 Å². The Kier molecular flexibility index (Phi) is 5.43. The first-order valence-electron chi connectivity index (χ1n) is 8.40. The predicted molar refractivity (Wildman–Crippen MR) is 109 cm³/mol. The van der Waals surface area contributed by atoms with Crippen molar-refractivity contribution in [1.82, 2.24) is 9.78 Å². The van der Waals surface area contributed by atoms with Crippen LogP contribution in [0.5, 0.6) is 0 Å². The van der Waals surface area contributed by atoms with Gasteiger partial charge in [0.25, 0.3) is 5.69 Å². The van der Waals surface area contributed by atoms with Crippen LogP contribution >= 0.6 is 0 Å². The number of aromatic nitrogens is 2. The van der Waals surface area contributed by atoms with Gasteiger partial charge in [-0.3, -0.25) is 15.5 Å². The number of primary sulfonamides is 1. The number of hydrogen-bond donors (Lipinski definition) is 2. The number of benzene rings is 2. The molecule has 29 heavy (non-hydrogen) atoms. The van der Waals surface area contributed by atoms with Crippen LogP contribution in [0, 0.1) is 24.0 Å². The van der Waals surface area contributed by atoms with E-state index in [9.17, 15) is 18.5 Å². The highest BCUT2D eigenvalue weighted by Gasteiger charge is 2.19. The molecule has 0 radical (unpaired) electrons. The fourth-order valence-electron chi connectivity index (χ4n) is 2.76. The Morgan fingerprint density at radius 1 is 1.21 bits per heavy atom. The van der Waals surface area contributed by atoms with Crippen molar-refractivity contribution in [2.75, 3.05) is 5.43 Å². The molecule has 1 aromatic heterocycles. The first-order valence-corrected chi connectivity index (χ1v) is 9.95. The zero-order chi connectivity index (χ0) is 21.2. The molecule has 0 aliphatic carbocycles. The lowest BCUT2D eigenvalue weighted by atomic mass is 10.2. The SMILES string of the molecule is Cc1nn(-c2ccccc2)c(C)c1/C=N/Nc1ccc(S(N)(=O)=O)cc1[N+](=O)[O-]. The monoisotopic (exact) mass is 414 g/mol. The molecule has 150 valence electrons. The molecule has 0 unspecified atom stereocenters. The average Bonchev–Trinajstić information content (AvgIpc) is 2.96. The van der Waals surface area contributed by atoms with Crippen molar-refractivity contribution in [1.29, 1.82) is 0 Å². The van der Waals surface area contributed by atoms with Crippen LogP contribution < -0.4 is 10.6 Å². The minimum absolute atomic E-state index is 0.0319. The Balaban J connectivity index is 1.89. The minimum atomic E-state index is -4.06. The molecule has 0 fully saturated rings. The number of nitrogens with one attached hydrogen (secondary N) is 1. The largest absolute Gasteiger partial charge is 0.295 e. The number of sulfonamides is 1. The molecule has 3 rings (SSSR count). The molecular formula is C18H18N6O4S. The summed E-state index contributed by atoms with van der Waals surface area (Å²) in [7, 11) is -4.06. The van der Waals surface area contributed by atoms with E-state index in [2.05, 4.69) is 15.6 Å². The Hall–Kier alpha value is -3.57. The zero-order valence-electron chi connectivity index (χ0n) is 15.6. The van der Waals surface area contributed by atoms with E-state index in [4.69, 9.17) is 5.14 Å². The van der Waals surface area contributed by atoms with Crippen molar-refractivity contribution in [3.63, 3.8) is 0 Å². The van der Waals surface area contributed by atoms with Crippen LogP contribution in [0.15, 0.2) is 58.5 Å². The van der Waals surface area contributed by atoms with Gasteiger partial charge in [-0.2, -0.15) is 10.2 Å². The van der Waals surface area contributed by atoms with Gasteiger partial charge in [-0.1, -0.05) is 18.2 Å². The second-order valence-electron chi connectivity index (χ2n) is 6.18. The Labute approximate surface area is 166 Å². The average molecular weight is 414 g/mol. The van der Waals surface area contributed by atoms with Crippen molar-refractivity contribution < 1.29 is 13.3 Å². The smallest absolute Gasteiger partial charge is 0.272 e. The standard InChI is InChI=1S/C18H18N6O4S/c1-12-16(13(2)23(22-12)14-6-4-3-5-7-14)11-20-21-17-9-8-15(29(19,27)28)10-18(17)24(25)26/h3-11,21H,1-2H3,(H2,19,27,28)/b20-11+. The highest BCUT2D eigenvalue weighted by Crippen LogP contribution is 2.27. The quantitative estimate of drug-likeness (QED) is 0.360. The van der Waals surface area contributed by atoms with Crippen molar-refractivity contribution in [2.45, 2.75) is 18.7 Å². The summed E-state index contributed by atoms with van der Waals surface area (Å²) in [5.74, 6) is 0. The van der Waals surface area contributed by atoms with Gasteiger partial charge in [0.1, 0.15) is 5.69 Å². The van der Waals surface area contributed by atoms with Gasteiger partial charge in [0.2, 0.25) is 10.0 Å². The van der Waals surface area contributed by atoms with Crippen molar-refractivity contribution in [3.8, 4) is 5.69 Å². The molecule has 0 saturated heterocycles. The molecule has 0 saturated carbocycles. The number of hydrogen-bond acceptors (Lipinski definition) is 7. The van der Waals surface area contributed by atoms with E-state index in [1.807, 2.05) is 44.2 Å². The third kappa shape index (κ3) is 4.31. The number of nitrogens with two attached hydrogens (primary N) is 1. The molecule has 0 aliphatic rings. The summed E-state index contributed by atoms with van der Waals surface area (Å²) in [6, 6.07) is 12.9. The normalized spacial score (nSPS) is 11.7. The minimum Gasteiger partial charge on any atom is -0.272 e. The number of anilines is 1. The summed E-state index contributed by atoms with van der Waals surface area (Å²) in [6.07, 6.45) is 1.51. The number of nitrogens with zero attached hydrogens (tertiary/aromatic N) is 4. The van der Waals surface area contributed by atoms with Gasteiger partial charge >= 0.3 is 0 Å². The molecule has 11 heteroatoms. The molecule has 0 atom stereocenters. The second-order valence-corrected chi connectivity index (χ2v) is 7.74. The van der Waals surface area contributed by atoms with Gasteiger partial charge in [0, 0.05) is 11.6 Å². The molecule has 0 aliphatic heterocycles. The first kappa shape index (κ1) is 20.2. The molecule has 3 aromatic rings. The number of hydrazone groups is 1. The van der Waals surface area contributed by atoms with Gasteiger partial charge in [-0.15, -0.1) is 0 Å². The van der Waals surface area contributed by atoms with E-state index in [1.165, 1.54) is 18.3 Å². The molecule has 10 nitrogen and oxygen atoms in total. The fourth-order valence-corrected chi connectivity index (χ4v) is 3.30. The Morgan fingerprint density at radius 2 is 1.90 bits per heavy atom. The summed E-state index contributed by atoms with van der Waals surface area (Å²) < 4.78 is 24.6. The van der Waals surface area contributed by atoms with Crippen LogP contribution in [0.4, 0.5) is 11.4 Å². The lowest BCUT2D eigenvalue weighted by molar-refractivity contribution is -0.384. The van der Waals surface area contributed by atoms with Crippen molar-refractivity contribution in [2.24, 2.45) is 10.2 Å². The third-order valence-electron chi connectivity index (χ3n) is 4.22. The maximum absolute atomic E-state index is 11.4. The van der Waals surface area contributed by atoms with Crippen molar-refractivity contribution in [3.05, 3.63) is 75.6 Å². The fraction of sp³-hybridized carbons (Fsp3) is 0.111. The lowest BCUT2D eigenvalue weighted by Gasteiger charge is -2.05. The van der Waals surface area contributed by atoms with E-state index in [-0.39, 0.29) is 10.6 Å². The van der Waals surface area contributed by atoms with E-state index in [0.717, 1.165) is 28.7 Å². The molecule has 0 bridgehead atoms. The van der Waals surface area contributed by atoms with Gasteiger partial charge in [-0.05, 0) is 38.1 Å². The van der Waals surface area contributed by atoms with Crippen LogP contribution in [-0.2, 0) is 10.0 Å². The van der Waals surface area contributed by atoms with Crippen LogP contribution in [0.3, 0.4) is 0 Å². The van der Waals surface area contributed by atoms with Crippen LogP contribution in [-0.4, -0.2) is 29.3 Å². The van der Waals surface area contributed by atoms with E-state index < -0.39 is 20.6 Å². The van der Waals surface area contributed by atoms with Gasteiger partial charge in [0.15, 0.2) is 0 Å². The summed E-state index contributed by atoms with van der Waals surface area (Å²) in [5.41, 5.74) is 5.39. The number of aryl methyl sites for hydroxylation is 1. The van der Waals surface area contributed by atoms with Crippen LogP contribution in [0.25, 0.3) is 5.69 Å². The molecule has 0 amide bonds. The molecule has 1 heterocycles.